The zero-order valence-corrected chi connectivity index (χ0v) is 28.3. The van der Waals surface area contributed by atoms with Gasteiger partial charge in [-0.05, 0) is 34.7 Å². The maximum absolute atomic E-state index is 5.31. The highest BCUT2D eigenvalue weighted by molar-refractivity contribution is 7.26. The van der Waals surface area contributed by atoms with Crippen LogP contribution in [0.4, 0.5) is 0 Å². The number of rotatable bonds is 5. The molecule has 0 unspecified atom stereocenters. The number of benzene rings is 7. The topological polar surface area (TPSA) is 38.7 Å². The van der Waals surface area contributed by atoms with Crippen LogP contribution in [-0.2, 0) is 0 Å². The summed E-state index contributed by atoms with van der Waals surface area (Å²) in [6, 6.07) is 61.8. The molecule has 3 heterocycles. The molecule has 0 radical (unpaired) electrons. The van der Waals surface area contributed by atoms with E-state index in [1.54, 1.807) is 0 Å². The van der Waals surface area contributed by atoms with Crippen LogP contribution in [0.5, 0.6) is 0 Å². The van der Waals surface area contributed by atoms with Crippen molar-refractivity contribution in [2.24, 2.45) is 0 Å². The molecule has 0 aliphatic carbocycles. The van der Waals surface area contributed by atoms with E-state index in [9.17, 15) is 0 Å². The molecule has 3 aromatic heterocycles. The van der Waals surface area contributed by atoms with Crippen LogP contribution in [0.2, 0.25) is 0 Å². The first-order chi connectivity index (χ1) is 25.3. The fraction of sp³-hybridized carbons (Fsp3) is 0. The van der Waals surface area contributed by atoms with E-state index >= 15 is 0 Å². The van der Waals surface area contributed by atoms with E-state index in [2.05, 4.69) is 152 Å². The standard InChI is InChI=1S/C47H29N3S/c1-3-11-30(12-4-1)31-19-21-32(22-20-31)41-29-42(50-47(49-41)35-13-5-2-6-14-35)33-23-25-34(26-24-33)45-44-38(36-15-7-9-17-40(36)48-45)27-28-39-37-16-8-10-18-43(37)51-46(39)44/h1-29H. The molecule has 0 amide bonds. The van der Waals surface area contributed by atoms with Crippen molar-refractivity contribution in [3.63, 3.8) is 0 Å². The van der Waals surface area contributed by atoms with Gasteiger partial charge in [0, 0.05) is 53.2 Å². The number of pyridine rings is 1. The van der Waals surface area contributed by atoms with Crippen molar-refractivity contribution in [3.05, 3.63) is 176 Å². The molecule has 10 rings (SSSR count). The van der Waals surface area contributed by atoms with E-state index in [-0.39, 0.29) is 0 Å². The second-order valence-corrected chi connectivity index (χ2v) is 13.8. The molecule has 238 valence electrons. The van der Waals surface area contributed by atoms with Crippen LogP contribution < -0.4 is 0 Å². The molecule has 0 saturated carbocycles. The second kappa shape index (κ2) is 12.1. The van der Waals surface area contributed by atoms with Gasteiger partial charge in [-0.2, -0.15) is 0 Å². The Morgan fingerprint density at radius 1 is 0.353 bits per heavy atom. The fourth-order valence-corrected chi connectivity index (χ4v) is 8.41. The number of hydrogen-bond acceptors (Lipinski definition) is 4. The molecule has 4 heteroatoms. The Kier molecular flexibility index (Phi) is 7.00. The summed E-state index contributed by atoms with van der Waals surface area (Å²) >= 11 is 1.85. The van der Waals surface area contributed by atoms with Crippen LogP contribution >= 0.6 is 11.3 Å². The summed E-state index contributed by atoms with van der Waals surface area (Å²) in [4.78, 5) is 15.5. The number of para-hydroxylation sites is 1. The monoisotopic (exact) mass is 667 g/mol. The van der Waals surface area contributed by atoms with Gasteiger partial charge in [0.2, 0.25) is 0 Å². The largest absolute Gasteiger partial charge is 0.247 e. The first-order valence-electron chi connectivity index (χ1n) is 17.1. The SMILES string of the molecule is c1ccc(-c2ccc(-c3cc(-c4ccc(-c5nc6ccccc6c6ccc7c8ccccc8sc7c56)cc4)nc(-c4ccccc4)n3)cc2)cc1. The Balaban J connectivity index is 1.11. The van der Waals surface area contributed by atoms with Crippen molar-refractivity contribution in [2.45, 2.75) is 0 Å². The van der Waals surface area contributed by atoms with Gasteiger partial charge < -0.3 is 0 Å². The number of thiophene rings is 1. The van der Waals surface area contributed by atoms with Gasteiger partial charge >= 0.3 is 0 Å². The lowest BCUT2D eigenvalue weighted by Crippen LogP contribution is -1.96. The average Bonchev–Trinajstić information content (AvgIpc) is 3.60. The summed E-state index contributed by atoms with van der Waals surface area (Å²) in [5.74, 6) is 0.702. The summed E-state index contributed by atoms with van der Waals surface area (Å²) in [7, 11) is 0. The molecular weight excluding hydrogens is 639 g/mol. The Labute approximate surface area is 299 Å². The number of hydrogen-bond donors (Lipinski definition) is 0. The van der Waals surface area contributed by atoms with E-state index in [1.807, 2.05) is 35.6 Å². The Morgan fingerprint density at radius 3 is 1.59 bits per heavy atom. The van der Waals surface area contributed by atoms with Gasteiger partial charge in [-0.1, -0.05) is 158 Å². The zero-order valence-electron chi connectivity index (χ0n) is 27.5. The summed E-state index contributed by atoms with van der Waals surface area (Å²) in [5.41, 5.74) is 10.3. The second-order valence-electron chi connectivity index (χ2n) is 12.8. The van der Waals surface area contributed by atoms with Gasteiger partial charge in [0.15, 0.2) is 5.82 Å². The fourth-order valence-electron chi connectivity index (χ4n) is 7.15. The van der Waals surface area contributed by atoms with Gasteiger partial charge in [0.05, 0.1) is 22.6 Å². The van der Waals surface area contributed by atoms with Crippen LogP contribution in [0.1, 0.15) is 0 Å². The van der Waals surface area contributed by atoms with E-state index < -0.39 is 0 Å². The van der Waals surface area contributed by atoms with Crippen molar-refractivity contribution < 1.29 is 0 Å². The molecule has 0 aliphatic heterocycles. The van der Waals surface area contributed by atoms with Crippen LogP contribution in [0, 0.1) is 0 Å². The maximum Gasteiger partial charge on any atom is 0.160 e. The molecule has 7 aromatic carbocycles. The van der Waals surface area contributed by atoms with E-state index in [0.29, 0.717) is 5.82 Å². The maximum atomic E-state index is 5.31. The Hall–Kier alpha value is -6.49. The van der Waals surface area contributed by atoms with Gasteiger partial charge in [0.25, 0.3) is 0 Å². The lowest BCUT2D eigenvalue weighted by Gasteiger charge is -2.13. The molecule has 0 N–H and O–H groups in total. The lowest BCUT2D eigenvalue weighted by atomic mass is 9.97. The summed E-state index contributed by atoms with van der Waals surface area (Å²) in [6.45, 7) is 0. The van der Waals surface area contributed by atoms with Crippen LogP contribution in [-0.4, -0.2) is 15.0 Å². The lowest BCUT2D eigenvalue weighted by molar-refractivity contribution is 1.18. The third kappa shape index (κ3) is 5.16. The summed E-state index contributed by atoms with van der Waals surface area (Å²) in [5, 5.41) is 6.17. The molecule has 0 spiro atoms. The van der Waals surface area contributed by atoms with Crippen molar-refractivity contribution in [1.82, 2.24) is 15.0 Å². The van der Waals surface area contributed by atoms with Crippen molar-refractivity contribution >= 4 is 53.2 Å². The Morgan fingerprint density at radius 2 is 0.882 bits per heavy atom. The van der Waals surface area contributed by atoms with Gasteiger partial charge in [0.1, 0.15) is 0 Å². The van der Waals surface area contributed by atoms with Crippen LogP contribution in [0.25, 0.3) is 98.1 Å². The van der Waals surface area contributed by atoms with Crippen LogP contribution in [0.15, 0.2) is 176 Å². The predicted molar refractivity (Wildman–Crippen MR) is 215 cm³/mol. The smallest absolute Gasteiger partial charge is 0.160 e. The summed E-state index contributed by atoms with van der Waals surface area (Å²) < 4.78 is 2.57. The first kappa shape index (κ1) is 29.4. The third-order valence-electron chi connectivity index (χ3n) is 9.71. The van der Waals surface area contributed by atoms with E-state index in [1.165, 1.54) is 47.5 Å². The zero-order chi connectivity index (χ0) is 33.7. The summed E-state index contributed by atoms with van der Waals surface area (Å²) in [6.07, 6.45) is 0. The molecule has 0 saturated heterocycles. The minimum absolute atomic E-state index is 0.702. The van der Waals surface area contributed by atoms with Gasteiger partial charge in [-0.15, -0.1) is 11.3 Å². The minimum Gasteiger partial charge on any atom is -0.247 e. The van der Waals surface area contributed by atoms with Crippen LogP contribution in [0.3, 0.4) is 0 Å². The minimum atomic E-state index is 0.702. The number of nitrogens with zero attached hydrogens (tertiary/aromatic N) is 3. The third-order valence-corrected chi connectivity index (χ3v) is 10.9. The molecule has 0 fully saturated rings. The highest BCUT2D eigenvalue weighted by atomic mass is 32.1. The van der Waals surface area contributed by atoms with Crippen molar-refractivity contribution in [3.8, 4) is 56.3 Å². The van der Waals surface area contributed by atoms with E-state index in [0.717, 1.165) is 44.9 Å². The molecule has 0 bridgehead atoms. The van der Waals surface area contributed by atoms with E-state index in [4.69, 9.17) is 15.0 Å². The first-order valence-corrected chi connectivity index (χ1v) is 17.9. The number of aromatic nitrogens is 3. The normalized spacial score (nSPS) is 11.5. The van der Waals surface area contributed by atoms with Gasteiger partial charge in [-0.3, -0.25) is 0 Å². The molecule has 0 aliphatic rings. The molecule has 0 atom stereocenters. The van der Waals surface area contributed by atoms with Crippen molar-refractivity contribution in [1.29, 1.82) is 0 Å². The Bertz CT molecular complexity index is 2880. The molecule has 10 aromatic rings. The molecule has 3 nitrogen and oxygen atoms in total. The molecule has 51 heavy (non-hydrogen) atoms. The quantitative estimate of drug-likeness (QED) is 0.171. The predicted octanol–water partition coefficient (Wildman–Crippen LogP) is 12.9. The average molecular weight is 668 g/mol. The van der Waals surface area contributed by atoms with Gasteiger partial charge in [-0.25, -0.2) is 15.0 Å². The highest BCUT2D eigenvalue weighted by Crippen LogP contribution is 2.43. The number of fused-ring (bicyclic) bond motifs is 7. The van der Waals surface area contributed by atoms with Crippen molar-refractivity contribution in [2.75, 3.05) is 0 Å². The molecular formula is C47H29N3S. The highest BCUT2D eigenvalue weighted by Gasteiger charge is 2.17.